The van der Waals surface area contributed by atoms with Crippen molar-refractivity contribution in [3.63, 3.8) is 0 Å². The number of anilines is 1. The molecule has 1 aromatic rings. The van der Waals surface area contributed by atoms with Gasteiger partial charge in [0.25, 0.3) is 0 Å². The normalized spacial score (nSPS) is 15.7. The van der Waals surface area contributed by atoms with Gasteiger partial charge in [0, 0.05) is 12.7 Å². The SMILES string of the molecule is CCCCCCC(O)c1ccc2c(c1)CC(=O)N2C. The van der Waals surface area contributed by atoms with Gasteiger partial charge in [-0.1, -0.05) is 44.7 Å². The maximum atomic E-state index is 11.6. The number of likely N-dealkylation sites (N-methyl/N-ethyl adjacent to an activating group) is 1. The first-order valence-electron chi connectivity index (χ1n) is 7.21. The summed E-state index contributed by atoms with van der Waals surface area (Å²) >= 11 is 0. The summed E-state index contributed by atoms with van der Waals surface area (Å²) in [4.78, 5) is 13.3. The molecule has 3 heteroatoms. The predicted molar refractivity (Wildman–Crippen MR) is 77.3 cm³/mol. The third-order valence-corrected chi connectivity index (χ3v) is 3.90. The average molecular weight is 261 g/mol. The Morgan fingerprint density at radius 2 is 2.11 bits per heavy atom. The molecule has 1 aliphatic rings. The second-order valence-electron chi connectivity index (χ2n) is 5.38. The summed E-state index contributed by atoms with van der Waals surface area (Å²) in [6, 6.07) is 5.88. The molecule has 19 heavy (non-hydrogen) atoms. The molecule has 1 unspecified atom stereocenters. The second kappa shape index (κ2) is 6.20. The molecule has 1 N–H and O–H groups in total. The van der Waals surface area contributed by atoms with Gasteiger partial charge in [-0.25, -0.2) is 0 Å². The Hall–Kier alpha value is -1.35. The number of aliphatic hydroxyl groups excluding tert-OH is 1. The Balaban J connectivity index is 1.99. The zero-order chi connectivity index (χ0) is 13.8. The minimum absolute atomic E-state index is 0.129. The molecule has 1 aromatic carbocycles. The van der Waals surface area contributed by atoms with Gasteiger partial charge in [-0.2, -0.15) is 0 Å². The Morgan fingerprint density at radius 3 is 2.84 bits per heavy atom. The van der Waals surface area contributed by atoms with Crippen LogP contribution in [0.2, 0.25) is 0 Å². The van der Waals surface area contributed by atoms with Crippen molar-refractivity contribution in [3.8, 4) is 0 Å². The molecule has 0 radical (unpaired) electrons. The van der Waals surface area contributed by atoms with Crippen LogP contribution in [0.3, 0.4) is 0 Å². The monoisotopic (exact) mass is 261 g/mol. The molecule has 0 saturated heterocycles. The number of nitrogens with zero attached hydrogens (tertiary/aromatic N) is 1. The minimum Gasteiger partial charge on any atom is -0.388 e. The lowest BCUT2D eigenvalue weighted by molar-refractivity contribution is -0.117. The van der Waals surface area contributed by atoms with Gasteiger partial charge < -0.3 is 10.0 Å². The number of hydrogen-bond acceptors (Lipinski definition) is 2. The summed E-state index contributed by atoms with van der Waals surface area (Å²) in [5.41, 5.74) is 2.96. The highest BCUT2D eigenvalue weighted by Crippen LogP contribution is 2.31. The fourth-order valence-electron chi connectivity index (χ4n) is 2.63. The molecule has 104 valence electrons. The van der Waals surface area contributed by atoms with Crippen molar-refractivity contribution in [1.82, 2.24) is 0 Å². The van der Waals surface area contributed by atoms with E-state index in [0.717, 1.165) is 29.7 Å². The Kier molecular flexibility index (Phi) is 4.59. The van der Waals surface area contributed by atoms with Crippen molar-refractivity contribution in [2.75, 3.05) is 11.9 Å². The van der Waals surface area contributed by atoms with Gasteiger partial charge in [-0.3, -0.25) is 4.79 Å². The zero-order valence-electron chi connectivity index (χ0n) is 11.9. The number of hydrogen-bond donors (Lipinski definition) is 1. The second-order valence-corrected chi connectivity index (χ2v) is 5.38. The maximum absolute atomic E-state index is 11.6. The number of amides is 1. The zero-order valence-corrected chi connectivity index (χ0v) is 11.9. The first-order valence-corrected chi connectivity index (χ1v) is 7.21. The lowest BCUT2D eigenvalue weighted by Gasteiger charge is -2.14. The summed E-state index contributed by atoms with van der Waals surface area (Å²) in [6.07, 6.45) is 5.55. The van der Waals surface area contributed by atoms with Crippen molar-refractivity contribution >= 4 is 11.6 Å². The van der Waals surface area contributed by atoms with Crippen molar-refractivity contribution in [3.05, 3.63) is 29.3 Å². The van der Waals surface area contributed by atoms with E-state index in [0.29, 0.717) is 6.42 Å². The van der Waals surface area contributed by atoms with E-state index in [-0.39, 0.29) is 5.91 Å². The molecular weight excluding hydrogens is 238 g/mol. The number of fused-ring (bicyclic) bond motifs is 1. The fraction of sp³-hybridized carbons (Fsp3) is 0.562. The molecule has 1 heterocycles. The van der Waals surface area contributed by atoms with E-state index in [2.05, 4.69) is 6.92 Å². The molecule has 0 saturated carbocycles. The van der Waals surface area contributed by atoms with E-state index in [1.54, 1.807) is 11.9 Å². The van der Waals surface area contributed by atoms with E-state index in [1.807, 2.05) is 18.2 Å². The molecule has 0 aliphatic carbocycles. The molecule has 2 rings (SSSR count). The third-order valence-electron chi connectivity index (χ3n) is 3.90. The van der Waals surface area contributed by atoms with Crippen molar-refractivity contribution < 1.29 is 9.90 Å². The van der Waals surface area contributed by atoms with E-state index >= 15 is 0 Å². The van der Waals surface area contributed by atoms with Gasteiger partial charge in [0.2, 0.25) is 5.91 Å². The lowest BCUT2D eigenvalue weighted by Crippen LogP contribution is -2.20. The minimum atomic E-state index is -0.400. The summed E-state index contributed by atoms with van der Waals surface area (Å²) in [6.45, 7) is 2.18. The van der Waals surface area contributed by atoms with Crippen molar-refractivity contribution in [2.45, 2.75) is 51.6 Å². The Bertz CT molecular complexity index is 456. The van der Waals surface area contributed by atoms with Crippen LogP contribution < -0.4 is 4.90 Å². The predicted octanol–water partition coefficient (Wildman–Crippen LogP) is 3.21. The van der Waals surface area contributed by atoms with Gasteiger partial charge in [-0.15, -0.1) is 0 Å². The summed E-state index contributed by atoms with van der Waals surface area (Å²) in [5.74, 6) is 0.129. The number of carbonyl (C=O) groups is 1. The number of unbranched alkanes of at least 4 members (excludes halogenated alkanes) is 3. The van der Waals surface area contributed by atoms with E-state index in [1.165, 1.54) is 19.3 Å². The van der Waals surface area contributed by atoms with Gasteiger partial charge in [0.1, 0.15) is 0 Å². The van der Waals surface area contributed by atoms with Crippen LogP contribution in [0.4, 0.5) is 5.69 Å². The smallest absolute Gasteiger partial charge is 0.231 e. The van der Waals surface area contributed by atoms with Crippen LogP contribution in [-0.4, -0.2) is 18.1 Å². The summed E-state index contributed by atoms with van der Waals surface area (Å²) in [7, 11) is 1.80. The largest absolute Gasteiger partial charge is 0.388 e. The third kappa shape index (κ3) is 3.16. The molecule has 1 aliphatic heterocycles. The molecule has 0 spiro atoms. The number of rotatable bonds is 6. The van der Waals surface area contributed by atoms with E-state index in [9.17, 15) is 9.90 Å². The molecule has 1 amide bonds. The molecule has 0 bridgehead atoms. The standard InChI is InChI=1S/C16H23NO2/c1-3-4-5-6-7-15(18)12-8-9-14-13(10-12)11-16(19)17(14)2/h8-10,15,18H,3-7,11H2,1-2H3. The number of aliphatic hydroxyl groups is 1. The molecule has 0 aromatic heterocycles. The first kappa shape index (κ1) is 14.1. The highest BCUT2D eigenvalue weighted by atomic mass is 16.3. The highest BCUT2D eigenvalue weighted by molar-refractivity contribution is 6.00. The summed E-state index contributed by atoms with van der Waals surface area (Å²) in [5, 5.41) is 10.2. The van der Waals surface area contributed by atoms with Crippen LogP contribution in [-0.2, 0) is 11.2 Å². The van der Waals surface area contributed by atoms with E-state index < -0.39 is 6.10 Å². The van der Waals surface area contributed by atoms with Crippen LogP contribution in [0.5, 0.6) is 0 Å². The van der Waals surface area contributed by atoms with Crippen LogP contribution in [0, 0.1) is 0 Å². The van der Waals surface area contributed by atoms with Crippen molar-refractivity contribution in [1.29, 1.82) is 0 Å². The van der Waals surface area contributed by atoms with Gasteiger partial charge in [0.15, 0.2) is 0 Å². The Labute approximate surface area is 115 Å². The maximum Gasteiger partial charge on any atom is 0.231 e. The molecular formula is C16H23NO2. The van der Waals surface area contributed by atoms with Crippen LogP contribution >= 0.6 is 0 Å². The van der Waals surface area contributed by atoms with E-state index in [4.69, 9.17) is 0 Å². The fourth-order valence-corrected chi connectivity index (χ4v) is 2.63. The Morgan fingerprint density at radius 1 is 1.32 bits per heavy atom. The van der Waals surface area contributed by atoms with Gasteiger partial charge in [-0.05, 0) is 23.6 Å². The highest BCUT2D eigenvalue weighted by Gasteiger charge is 2.24. The molecule has 1 atom stereocenters. The quantitative estimate of drug-likeness (QED) is 0.799. The summed E-state index contributed by atoms with van der Waals surface area (Å²) < 4.78 is 0. The van der Waals surface area contributed by atoms with Crippen LogP contribution in [0.1, 0.15) is 56.3 Å². The first-order chi connectivity index (χ1) is 9.13. The van der Waals surface area contributed by atoms with Gasteiger partial charge >= 0.3 is 0 Å². The van der Waals surface area contributed by atoms with Gasteiger partial charge in [0.05, 0.1) is 12.5 Å². The van der Waals surface area contributed by atoms with Crippen LogP contribution in [0.15, 0.2) is 18.2 Å². The lowest BCUT2D eigenvalue weighted by atomic mass is 10.00. The number of carbonyl (C=O) groups excluding carboxylic acids is 1. The van der Waals surface area contributed by atoms with Crippen LogP contribution in [0.25, 0.3) is 0 Å². The van der Waals surface area contributed by atoms with Crippen molar-refractivity contribution in [2.24, 2.45) is 0 Å². The molecule has 0 fully saturated rings. The molecule has 3 nitrogen and oxygen atoms in total. The topological polar surface area (TPSA) is 40.5 Å². The average Bonchev–Trinajstić information content (AvgIpc) is 2.69. The number of benzene rings is 1.